The molecule has 1 unspecified atom stereocenters. The van der Waals surface area contributed by atoms with Gasteiger partial charge in [0.25, 0.3) is 0 Å². The van der Waals surface area contributed by atoms with Crippen LogP contribution in [0.3, 0.4) is 0 Å². The molecule has 2 aromatic carbocycles. The zero-order valence-electron chi connectivity index (χ0n) is 11.8. The zero-order valence-corrected chi connectivity index (χ0v) is 12.5. The molecular formula is C17H17ClFNO. The van der Waals surface area contributed by atoms with Gasteiger partial charge in [0.1, 0.15) is 11.6 Å². The summed E-state index contributed by atoms with van der Waals surface area (Å²) >= 11 is 6.18. The van der Waals surface area contributed by atoms with Gasteiger partial charge in [0.2, 0.25) is 0 Å². The van der Waals surface area contributed by atoms with Crippen molar-refractivity contribution in [3.8, 4) is 5.75 Å². The Morgan fingerprint density at radius 3 is 2.67 bits per heavy atom. The molecule has 110 valence electrons. The van der Waals surface area contributed by atoms with Crippen molar-refractivity contribution >= 4 is 11.6 Å². The molecule has 2 nitrogen and oxygen atoms in total. The maximum atomic E-state index is 14.1. The van der Waals surface area contributed by atoms with E-state index in [1.165, 1.54) is 6.07 Å². The Kier molecular flexibility index (Phi) is 4.13. The normalized spacial score (nSPS) is 15.8. The van der Waals surface area contributed by atoms with Gasteiger partial charge in [-0.3, -0.25) is 0 Å². The van der Waals surface area contributed by atoms with Gasteiger partial charge in [-0.05, 0) is 49.7 Å². The van der Waals surface area contributed by atoms with Gasteiger partial charge >= 0.3 is 0 Å². The maximum absolute atomic E-state index is 14.1. The molecule has 0 bridgehead atoms. The highest BCUT2D eigenvalue weighted by molar-refractivity contribution is 6.31. The van der Waals surface area contributed by atoms with Crippen LogP contribution >= 0.6 is 11.6 Å². The molecule has 1 atom stereocenters. The molecule has 1 aliphatic carbocycles. The van der Waals surface area contributed by atoms with Crippen LogP contribution < -0.4 is 10.1 Å². The minimum Gasteiger partial charge on any atom is -0.490 e. The van der Waals surface area contributed by atoms with E-state index >= 15 is 0 Å². The van der Waals surface area contributed by atoms with Crippen molar-refractivity contribution in [1.29, 1.82) is 0 Å². The first-order valence-electron chi connectivity index (χ1n) is 7.07. The van der Waals surface area contributed by atoms with E-state index in [4.69, 9.17) is 16.3 Å². The monoisotopic (exact) mass is 305 g/mol. The summed E-state index contributed by atoms with van der Waals surface area (Å²) in [6.45, 7) is 0. The van der Waals surface area contributed by atoms with Gasteiger partial charge in [-0.15, -0.1) is 0 Å². The zero-order chi connectivity index (χ0) is 14.8. The summed E-state index contributed by atoms with van der Waals surface area (Å²) in [6.07, 6.45) is 2.56. The molecule has 3 rings (SSSR count). The predicted octanol–water partition coefficient (Wildman–Crippen LogP) is 4.33. The Bertz CT molecular complexity index is 622. The summed E-state index contributed by atoms with van der Waals surface area (Å²) in [7, 11) is 1.79. The van der Waals surface area contributed by atoms with Gasteiger partial charge in [-0.1, -0.05) is 29.8 Å². The second kappa shape index (κ2) is 6.04. The number of hydrogen-bond acceptors (Lipinski definition) is 2. The molecule has 1 fully saturated rings. The Labute approximate surface area is 128 Å². The van der Waals surface area contributed by atoms with Crippen LogP contribution in [0.1, 0.15) is 30.0 Å². The van der Waals surface area contributed by atoms with Crippen LogP contribution in [0, 0.1) is 5.82 Å². The summed E-state index contributed by atoms with van der Waals surface area (Å²) in [5, 5.41) is 3.55. The van der Waals surface area contributed by atoms with E-state index in [1.54, 1.807) is 19.2 Å². The van der Waals surface area contributed by atoms with E-state index < -0.39 is 0 Å². The van der Waals surface area contributed by atoms with Crippen molar-refractivity contribution in [3.05, 3.63) is 64.4 Å². The summed E-state index contributed by atoms with van der Waals surface area (Å²) in [4.78, 5) is 0. The highest BCUT2D eigenvalue weighted by Gasteiger charge is 2.24. The largest absolute Gasteiger partial charge is 0.490 e. The van der Waals surface area contributed by atoms with E-state index in [-0.39, 0.29) is 11.9 Å². The molecule has 21 heavy (non-hydrogen) atoms. The predicted molar refractivity (Wildman–Crippen MR) is 82.4 cm³/mol. The van der Waals surface area contributed by atoms with E-state index in [0.717, 1.165) is 24.2 Å². The third kappa shape index (κ3) is 3.20. The fraction of sp³-hybridized carbons (Fsp3) is 0.294. The number of nitrogens with one attached hydrogen (secondary N) is 1. The Morgan fingerprint density at radius 1 is 1.24 bits per heavy atom. The lowest BCUT2D eigenvalue weighted by molar-refractivity contribution is 0.302. The summed E-state index contributed by atoms with van der Waals surface area (Å²) in [5.41, 5.74) is 1.40. The Morgan fingerprint density at radius 2 is 2.00 bits per heavy atom. The van der Waals surface area contributed by atoms with Crippen LogP contribution in [0.25, 0.3) is 0 Å². The number of benzene rings is 2. The third-order valence-electron chi connectivity index (χ3n) is 3.60. The lowest BCUT2D eigenvalue weighted by atomic mass is 9.98. The van der Waals surface area contributed by atoms with E-state index in [2.05, 4.69) is 5.32 Å². The van der Waals surface area contributed by atoms with Crippen LogP contribution in [-0.2, 0) is 0 Å². The van der Waals surface area contributed by atoms with Crippen molar-refractivity contribution in [2.75, 3.05) is 7.05 Å². The van der Waals surface area contributed by atoms with E-state index in [0.29, 0.717) is 16.7 Å². The van der Waals surface area contributed by atoms with Gasteiger partial charge < -0.3 is 10.1 Å². The van der Waals surface area contributed by atoms with Crippen molar-refractivity contribution in [2.45, 2.75) is 25.0 Å². The summed E-state index contributed by atoms with van der Waals surface area (Å²) in [6, 6.07) is 12.2. The van der Waals surface area contributed by atoms with Crippen LogP contribution in [-0.4, -0.2) is 13.2 Å². The highest BCUT2D eigenvalue weighted by atomic mass is 35.5. The number of rotatable bonds is 5. The average Bonchev–Trinajstić information content (AvgIpc) is 3.27. The van der Waals surface area contributed by atoms with Gasteiger partial charge in [0.05, 0.1) is 12.1 Å². The molecule has 0 aromatic heterocycles. The Hall–Kier alpha value is -1.58. The minimum absolute atomic E-state index is 0.304. The average molecular weight is 306 g/mol. The number of hydrogen-bond donors (Lipinski definition) is 1. The SMILES string of the molecule is CNC(c1cccc(OC2CC2)c1)c1c(F)cccc1Cl. The molecule has 0 amide bonds. The lowest BCUT2D eigenvalue weighted by Crippen LogP contribution is -2.19. The molecular weight excluding hydrogens is 289 g/mol. The first kappa shape index (κ1) is 14.4. The summed E-state index contributed by atoms with van der Waals surface area (Å²) < 4.78 is 19.9. The highest BCUT2D eigenvalue weighted by Crippen LogP contribution is 2.33. The molecule has 4 heteroatoms. The summed E-state index contributed by atoms with van der Waals surface area (Å²) in [5.74, 6) is 0.512. The van der Waals surface area contributed by atoms with Crippen LogP contribution in [0.4, 0.5) is 4.39 Å². The van der Waals surface area contributed by atoms with Gasteiger partial charge in [-0.2, -0.15) is 0 Å². The van der Waals surface area contributed by atoms with E-state index in [9.17, 15) is 4.39 Å². The molecule has 0 aliphatic heterocycles. The maximum Gasteiger partial charge on any atom is 0.129 e. The lowest BCUT2D eigenvalue weighted by Gasteiger charge is -2.20. The third-order valence-corrected chi connectivity index (χ3v) is 3.93. The first-order chi connectivity index (χ1) is 10.2. The molecule has 1 N–H and O–H groups in total. The van der Waals surface area contributed by atoms with Gasteiger partial charge in [0.15, 0.2) is 0 Å². The van der Waals surface area contributed by atoms with E-state index in [1.807, 2.05) is 24.3 Å². The molecule has 0 heterocycles. The first-order valence-corrected chi connectivity index (χ1v) is 7.44. The van der Waals surface area contributed by atoms with Crippen LogP contribution in [0.2, 0.25) is 5.02 Å². The van der Waals surface area contributed by atoms with Crippen LogP contribution in [0.5, 0.6) is 5.75 Å². The second-order valence-corrected chi connectivity index (χ2v) is 5.65. The van der Waals surface area contributed by atoms with Crippen molar-refractivity contribution < 1.29 is 9.13 Å². The minimum atomic E-state index is -0.310. The molecule has 1 saturated carbocycles. The van der Waals surface area contributed by atoms with Crippen molar-refractivity contribution in [1.82, 2.24) is 5.32 Å². The molecule has 0 saturated heterocycles. The van der Waals surface area contributed by atoms with Crippen molar-refractivity contribution in [2.24, 2.45) is 0 Å². The molecule has 2 aromatic rings. The molecule has 1 aliphatic rings. The number of ether oxygens (including phenoxy) is 1. The Balaban J connectivity index is 1.95. The molecule has 0 spiro atoms. The number of halogens is 2. The standard InChI is InChI=1S/C17H17ClFNO/c1-20-17(16-14(18)6-3-7-15(16)19)11-4-2-5-13(10-11)21-12-8-9-12/h2-7,10,12,17,20H,8-9H2,1H3. The molecule has 0 radical (unpaired) electrons. The van der Waals surface area contributed by atoms with Gasteiger partial charge in [-0.25, -0.2) is 4.39 Å². The van der Waals surface area contributed by atoms with Crippen LogP contribution in [0.15, 0.2) is 42.5 Å². The van der Waals surface area contributed by atoms with Gasteiger partial charge in [0, 0.05) is 10.6 Å². The second-order valence-electron chi connectivity index (χ2n) is 5.25. The fourth-order valence-corrected chi connectivity index (χ4v) is 2.68. The van der Waals surface area contributed by atoms with Crippen molar-refractivity contribution in [3.63, 3.8) is 0 Å². The fourth-order valence-electron chi connectivity index (χ4n) is 2.41. The smallest absolute Gasteiger partial charge is 0.129 e. The quantitative estimate of drug-likeness (QED) is 0.888. The topological polar surface area (TPSA) is 21.3 Å².